The first-order valence-corrected chi connectivity index (χ1v) is 7.49. The molecule has 2 aromatic rings. The van der Waals surface area contributed by atoms with Crippen LogP contribution in [-0.2, 0) is 9.47 Å². The van der Waals surface area contributed by atoms with Crippen molar-refractivity contribution in [3.8, 4) is 11.5 Å². The van der Waals surface area contributed by atoms with Crippen LogP contribution < -0.4 is 4.74 Å². The number of para-hydroxylation sites is 1. The van der Waals surface area contributed by atoms with Crippen LogP contribution in [0.5, 0.6) is 11.5 Å². The lowest BCUT2D eigenvalue weighted by atomic mass is 10.1. The van der Waals surface area contributed by atoms with Crippen molar-refractivity contribution in [1.82, 2.24) is 0 Å². The Morgan fingerprint density at radius 3 is 2.08 bits per heavy atom. The van der Waals surface area contributed by atoms with E-state index in [4.69, 9.17) is 14.2 Å². The number of rotatable bonds is 4. The standard InChI is InChI=1S/C19H20O5/c1-19(2,3)24-17(20)13-9-11-14(12-10-13)23-16-8-6-5-7-15(16)18(21)22-4/h5-12H,1-4H3. The highest BCUT2D eigenvalue weighted by atomic mass is 16.6. The van der Waals surface area contributed by atoms with Gasteiger partial charge in [0.2, 0.25) is 0 Å². The maximum atomic E-state index is 12.0. The lowest BCUT2D eigenvalue weighted by molar-refractivity contribution is 0.00693. The zero-order valence-electron chi connectivity index (χ0n) is 14.2. The Labute approximate surface area is 141 Å². The van der Waals surface area contributed by atoms with E-state index in [1.54, 1.807) is 48.5 Å². The SMILES string of the molecule is COC(=O)c1ccccc1Oc1ccc(C(=O)OC(C)(C)C)cc1. The molecule has 0 spiro atoms. The van der Waals surface area contributed by atoms with Gasteiger partial charge in [-0.1, -0.05) is 12.1 Å². The molecule has 0 amide bonds. The molecule has 0 atom stereocenters. The van der Waals surface area contributed by atoms with E-state index in [1.165, 1.54) is 7.11 Å². The normalized spacial score (nSPS) is 10.8. The molecule has 0 saturated heterocycles. The van der Waals surface area contributed by atoms with Gasteiger partial charge in [0.05, 0.1) is 12.7 Å². The minimum atomic E-state index is -0.550. The van der Waals surface area contributed by atoms with Crippen LogP contribution in [-0.4, -0.2) is 24.6 Å². The van der Waals surface area contributed by atoms with Gasteiger partial charge in [-0.25, -0.2) is 9.59 Å². The number of hydrogen-bond acceptors (Lipinski definition) is 5. The lowest BCUT2D eigenvalue weighted by Crippen LogP contribution is -2.23. The summed E-state index contributed by atoms with van der Waals surface area (Å²) in [6.45, 7) is 5.43. The average Bonchev–Trinajstić information content (AvgIpc) is 2.53. The van der Waals surface area contributed by atoms with E-state index in [-0.39, 0.29) is 0 Å². The van der Waals surface area contributed by atoms with Crippen molar-refractivity contribution < 1.29 is 23.8 Å². The molecule has 0 heterocycles. The number of esters is 2. The zero-order chi connectivity index (χ0) is 17.7. The number of hydrogen-bond donors (Lipinski definition) is 0. The molecule has 0 N–H and O–H groups in total. The molecule has 0 saturated carbocycles. The molecule has 2 rings (SSSR count). The number of methoxy groups -OCH3 is 1. The smallest absolute Gasteiger partial charge is 0.341 e. The Morgan fingerprint density at radius 1 is 0.875 bits per heavy atom. The fraction of sp³-hybridized carbons (Fsp3) is 0.263. The van der Waals surface area contributed by atoms with Crippen molar-refractivity contribution in [3.63, 3.8) is 0 Å². The summed E-state index contributed by atoms with van der Waals surface area (Å²) in [7, 11) is 1.31. The van der Waals surface area contributed by atoms with Crippen LogP contribution in [0.25, 0.3) is 0 Å². The van der Waals surface area contributed by atoms with Gasteiger partial charge >= 0.3 is 11.9 Å². The van der Waals surface area contributed by atoms with Gasteiger partial charge < -0.3 is 14.2 Å². The van der Waals surface area contributed by atoms with Gasteiger partial charge in [0.1, 0.15) is 22.7 Å². The van der Waals surface area contributed by atoms with Gasteiger partial charge in [0.25, 0.3) is 0 Å². The lowest BCUT2D eigenvalue weighted by Gasteiger charge is -2.19. The predicted molar refractivity (Wildman–Crippen MR) is 89.5 cm³/mol. The molecule has 0 aliphatic rings. The fourth-order valence-corrected chi connectivity index (χ4v) is 1.96. The third-order valence-electron chi connectivity index (χ3n) is 3.01. The molecular weight excluding hydrogens is 308 g/mol. The monoisotopic (exact) mass is 328 g/mol. The molecular formula is C19H20O5. The molecule has 0 aliphatic carbocycles. The first kappa shape index (κ1) is 17.5. The molecule has 0 aromatic heterocycles. The molecule has 5 heteroatoms. The second-order valence-electron chi connectivity index (χ2n) is 6.12. The van der Waals surface area contributed by atoms with Crippen molar-refractivity contribution >= 4 is 11.9 Å². The highest BCUT2D eigenvalue weighted by Gasteiger charge is 2.18. The van der Waals surface area contributed by atoms with Crippen LogP contribution in [0, 0.1) is 0 Å². The molecule has 24 heavy (non-hydrogen) atoms. The average molecular weight is 328 g/mol. The minimum Gasteiger partial charge on any atom is -0.465 e. The number of ether oxygens (including phenoxy) is 3. The highest BCUT2D eigenvalue weighted by Crippen LogP contribution is 2.26. The molecule has 5 nitrogen and oxygen atoms in total. The topological polar surface area (TPSA) is 61.8 Å². The van der Waals surface area contributed by atoms with Crippen LogP contribution in [0.2, 0.25) is 0 Å². The summed E-state index contributed by atoms with van der Waals surface area (Å²) in [5.41, 5.74) is 0.209. The van der Waals surface area contributed by atoms with E-state index in [0.717, 1.165) is 0 Å². The summed E-state index contributed by atoms with van der Waals surface area (Å²) in [5, 5.41) is 0. The van der Waals surface area contributed by atoms with Gasteiger partial charge in [-0.2, -0.15) is 0 Å². The van der Waals surface area contributed by atoms with Gasteiger partial charge in [-0.05, 0) is 57.2 Å². The summed E-state index contributed by atoms with van der Waals surface area (Å²) in [6, 6.07) is 13.3. The first-order chi connectivity index (χ1) is 11.3. The van der Waals surface area contributed by atoms with Gasteiger partial charge in [-0.3, -0.25) is 0 Å². The molecule has 0 unspecified atom stereocenters. The van der Waals surface area contributed by atoms with E-state index < -0.39 is 17.5 Å². The van der Waals surface area contributed by atoms with Crippen LogP contribution in [0.1, 0.15) is 41.5 Å². The maximum absolute atomic E-state index is 12.0. The fourth-order valence-electron chi connectivity index (χ4n) is 1.96. The molecule has 0 aliphatic heterocycles. The van der Waals surface area contributed by atoms with Gasteiger partial charge in [-0.15, -0.1) is 0 Å². The number of benzene rings is 2. The van der Waals surface area contributed by atoms with Crippen LogP contribution in [0.15, 0.2) is 48.5 Å². The van der Waals surface area contributed by atoms with Crippen molar-refractivity contribution in [2.75, 3.05) is 7.11 Å². The zero-order valence-corrected chi connectivity index (χ0v) is 14.2. The first-order valence-electron chi connectivity index (χ1n) is 7.49. The molecule has 126 valence electrons. The Bertz CT molecular complexity index is 726. The van der Waals surface area contributed by atoms with E-state index in [1.807, 2.05) is 20.8 Å². The summed E-state index contributed by atoms with van der Waals surface area (Å²) in [4.78, 5) is 23.7. The highest BCUT2D eigenvalue weighted by molar-refractivity contribution is 5.92. The van der Waals surface area contributed by atoms with E-state index in [2.05, 4.69) is 0 Å². The summed E-state index contributed by atoms with van der Waals surface area (Å²) in [6.07, 6.45) is 0. The summed E-state index contributed by atoms with van der Waals surface area (Å²) < 4.78 is 15.8. The summed E-state index contributed by atoms with van der Waals surface area (Å²) >= 11 is 0. The van der Waals surface area contributed by atoms with E-state index in [9.17, 15) is 9.59 Å². The van der Waals surface area contributed by atoms with Crippen molar-refractivity contribution in [3.05, 3.63) is 59.7 Å². The predicted octanol–water partition coefficient (Wildman–Crippen LogP) is 4.22. The van der Waals surface area contributed by atoms with Crippen molar-refractivity contribution in [2.24, 2.45) is 0 Å². The Kier molecular flexibility index (Phi) is 5.24. The quantitative estimate of drug-likeness (QED) is 0.786. The minimum absolute atomic E-state index is 0.330. The largest absolute Gasteiger partial charge is 0.465 e. The second kappa shape index (κ2) is 7.17. The second-order valence-corrected chi connectivity index (χ2v) is 6.12. The van der Waals surface area contributed by atoms with Crippen LogP contribution >= 0.6 is 0 Å². The van der Waals surface area contributed by atoms with Crippen LogP contribution in [0.4, 0.5) is 0 Å². The molecule has 0 bridgehead atoms. The molecule has 0 radical (unpaired) electrons. The third-order valence-corrected chi connectivity index (χ3v) is 3.01. The van der Waals surface area contributed by atoms with Crippen LogP contribution in [0.3, 0.4) is 0 Å². The number of carbonyl (C=O) groups excluding carboxylic acids is 2. The van der Waals surface area contributed by atoms with Gasteiger partial charge in [0, 0.05) is 0 Å². The Morgan fingerprint density at radius 2 is 1.50 bits per heavy atom. The molecule has 0 fully saturated rings. The Hall–Kier alpha value is -2.82. The molecule has 2 aromatic carbocycles. The maximum Gasteiger partial charge on any atom is 0.341 e. The number of carbonyl (C=O) groups is 2. The van der Waals surface area contributed by atoms with E-state index in [0.29, 0.717) is 22.6 Å². The summed E-state index contributed by atoms with van der Waals surface area (Å²) in [5.74, 6) is 0.00742. The Balaban J connectivity index is 2.16. The van der Waals surface area contributed by atoms with Crippen molar-refractivity contribution in [1.29, 1.82) is 0 Å². The van der Waals surface area contributed by atoms with Gasteiger partial charge in [0.15, 0.2) is 0 Å². The van der Waals surface area contributed by atoms with E-state index >= 15 is 0 Å². The van der Waals surface area contributed by atoms with Crippen molar-refractivity contribution in [2.45, 2.75) is 26.4 Å². The third kappa shape index (κ3) is 4.59.